The summed E-state index contributed by atoms with van der Waals surface area (Å²) in [5, 5.41) is 14.5. The molecule has 8 heteroatoms. The molecule has 0 fully saturated rings. The van der Waals surface area contributed by atoms with Gasteiger partial charge in [0.05, 0.1) is 18.3 Å². The highest BCUT2D eigenvalue weighted by Crippen LogP contribution is 2.30. The molecule has 1 unspecified atom stereocenters. The lowest BCUT2D eigenvalue weighted by molar-refractivity contribution is 0.0463. The lowest BCUT2D eigenvalue weighted by atomic mass is 9.89. The van der Waals surface area contributed by atoms with Gasteiger partial charge in [-0.2, -0.15) is 0 Å². The molecule has 2 aromatic carbocycles. The number of nitrogens with zero attached hydrogens (tertiary/aromatic N) is 3. The monoisotopic (exact) mass is 516 g/mol. The van der Waals surface area contributed by atoms with Crippen molar-refractivity contribution in [2.24, 2.45) is 5.41 Å². The Kier molecular flexibility index (Phi) is 8.11. The number of aromatic nitrogens is 4. The normalized spacial score (nSPS) is 12.6. The van der Waals surface area contributed by atoms with Crippen molar-refractivity contribution in [3.8, 4) is 22.5 Å². The van der Waals surface area contributed by atoms with Gasteiger partial charge in [0.15, 0.2) is 5.82 Å². The molecule has 2 aromatic heterocycles. The van der Waals surface area contributed by atoms with Gasteiger partial charge in [-0.1, -0.05) is 87.8 Å². The first-order valence-corrected chi connectivity index (χ1v) is 13.1. The Labute approximate surface area is 222 Å². The summed E-state index contributed by atoms with van der Waals surface area (Å²) < 4.78 is 6.31. The fourth-order valence-corrected chi connectivity index (χ4v) is 4.44. The molecule has 0 aliphatic rings. The van der Waals surface area contributed by atoms with Crippen molar-refractivity contribution in [3.63, 3.8) is 0 Å². The molecule has 1 atom stereocenters. The van der Waals surface area contributed by atoms with Crippen molar-refractivity contribution in [2.75, 3.05) is 0 Å². The summed E-state index contributed by atoms with van der Waals surface area (Å²) in [6, 6.07) is 15.7. The summed E-state index contributed by atoms with van der Waals surface area (Å²) in [5.74, 6) is 0.404. The van der Waals surface area contributed by atoms with E-state index in [1.807, 2.05) is 76.2 Å². The number of nitrogens with one attached hydrogen (secondary N) is 1. The van der Waals surface area contributed by atoms with Crippen LogP contribution >= 0.6 is 0 Å². The van der Waals surface area contributed by atoms with E-state index in [4.69, 9.17) is 9.51 Å². The number of benzene rings is 2. The van der Waals surface area contributed by atoms with E-state index in [1.165, 1.54) is 0 Å². The number of aliphatic hydroxyl groups is 1. The predicted octanol–water partition coefficient (Wildman–Crippen LogP) is 4.90. The zero-order chi connectivity index (χ0) is 27.4. The van der Waals surface area contributed by atoms with Crippen LogP contribution in [0.4, 0.5) is 0 Å². The molecule has 38 heavy (non-hydrogen) atoms. The van der Waals surface area contributed by atoms with Crippen LogP contribution < -0.4 is 11.3 Å². The van der Waals surface area contributed by atoms with Gasteiger partial charge in [0.2, 0.25) is 0 Å². The zero-order valence-corrected chi connectivity index (χ0v) is 22.7. The Bertz CT molecular complexity index is 1510. The van der Waals surface area contributed by atoms with E-state index in [-0.39, 0.29) is 17.5 Å². The van der Waals surface area contributed by atoms with Crippen molar-refractivity contribution in [1.82, 2.24) is 19.7 Å². The van der Waals surface area contributed by atoms with Gasteiger partial charge < -0.3 is 5.11 Å². The van der Waals surface area contributed by atoms with Crippen molar-refractivity contribution < 1.29 is 9.63 Å². The second-order valence-electron chi connectivity index (χ2n) is 10.8. The third kappa shape index (κ3) is 6.02. The van der Waals surface area contributed by atoms with E-state index in [0.717, 1.165) is 47.2 Å². The Morgan fingerprint density at radius 1 is 1.05 bits per heavy atom. The van der Waals surface area contributed by atoms with Gasteiger partial charge in [-0.05, 0) is 41.9 Å². The summed E-state index contributed by atoms with van der Waals surface area (Å²) in [7, 11) is 0. The molecule has 8 nitrogen and oxygen atoms in total. The Balaban J connectivity index is 1.68. The maximum absolute atomic E-state index is 13.7. The Hall–Kier alpha value is -3.78. The highest BCUT2D eigenvalue weighted by atomic mass is 16.5. The standard InChI is InChI=1S/C30H36N4O4/c1-6-7-12-25-24(28(36)34(19(2)31-25)18-26(35)30(3,4)5)17-20-13-15-21(16-14-20)22-10-8-9-11-23(22)27-32-29(37)38-33-27/h8-11,13-16,26,35H,6-7,12,17-18H2,1-5H3,(H,32,33,37). The molecule has 0 aliphatic carbocycles. The zero-order valence-electron chi connectivity index (χ0n) is 22.7. The molecular weight excluding hydrogens is 480 g/mol. The lowest BCUT2D eigenvalue weighted by Crippen LogP contribution is -2.38. The minimum Gasteiger partial charge on any atom is -0.391 e. The second kappa shape index (κ2) is 11.3. The quantitative estimate of drug-likeness (QED) is 0.327. The van der Waals surface area contributed by atoms with E-state index in [0.29, 0.717) is 23.6 Å². The maximum atomic E-state index is 13.7. The largest absolute Gasteiger partial charge is 0.439 e. The van der Waals surface area contributed by atoms with Crippen LogP contribution in [0.5, 0.6) is 0 Å². The summed E-state index contributed by atoms with van der Waals surface area (Å²) >= 11 is 0. The van der Waals surface area contributed by atoms with E-state index >= 15 is 0 Å². The molecule has 0 saturated heterocycles. The van der Waals surface area contributed by atoms with Crippen molar-refractivity contribution >= 4 is 0 Å². The lowest BCUT2D eigenvalue weighted by Gasteiger charge is -2.27. The molecular formula is C30H36N4O4. The van der Waals surface area contributed by atoms with E-state index in [9.17, 15) is 14.7 Å². The molecule has 0 saturated carbocycles. The van der Waals surface area contributed by atoms with E-state index < -0.39 is 11.9 Å². The molecule has 0 bridgehead atoms. The third-order valence-corrected chi connectivity index (χ3v) is 6.93. The molecule has 0 radical (unpaired) electrons. The summed E-state index contributed by atoms with van der Waals surface area (Å²) in [4.78, 5) is 32.6. The summed E-state index contributed by atoms with van der Waals surface area (Å²) in [5.41, 5.74) is 4.68. The van der Waals surface area contributed by atoms with Gasteiger partial charge >= 0.3 is 5.76 Å². The minimum atomic E-state index is -0.672. The molecule has 2 N–H and O–H groups in total. The molecule has 4 aromatic rings. The molecule has 200 valence electrons. The van der Waals surface area contributed by atoms with Crippen LogP contribution in [0, 0.1) is 12.3 Å². The van der Waals surface area contributed by atoms with Crippen LogP contribution in [0.1, 0.15) is 63.2 Å². The Morgan fingerprint density at radius 3 is 2.34 bits per heavy atom. The van der Waals surface area contributed by atoms with Crippen molar-refractivity contribution in [1.29, 1.82) is 0 Å². The number of aryl methyl sites for hydroxylation is 2. The first-order valence-electron chi connectivity index (χ1n) is 13.1. The fraction of sp³-hybridized carbons (Fsp3) is 0.400. The van der Waals surface area contributed by atoms with Crippen LogP contribution in [-0.4, -0.2) is 30.9 Å². The van der Waals surface area contributed by atoms with Crippen LogP contribution in [0.25, 0.3) is 22.5 Å². The smallest absolute Gasteiger partial charge is 0.391 e. The highest BCUT2D eigenvalue weighted by Gasteiger charge is 2.25. The highest BCUT2D eigenvalue weighted by molar-refractivity contribution is 5.80. The van der Waals surface area contributed by atoms with Gasteiger partial charge in [-0.25, -0.2) is 9.78 Å². The van der Waals surface area contributed by atoms with Crippen molar-refractivity contribution in [3.05, 3.63) is 92.1 Å². The average molecular weight is 517 g/mol. The van der Waals surface area contributed by atoms with Gasteiger partial charge in [0.25, 0.3) is 5.56 Å². The average Bonchev–Trinajstić information content (AvgIpc) is 3.33. The van der Waals surface area contributed by atoms with Gasteiger partial charge in [-0.3, -0.25) is 18.9 Å². The topological polar surface area (TPSA) is 114 Å². The number of unbranched alkanes of at least 4 members (excludes halogenated alkanes) is 1. The number of aliphatic hydroxyl groups excluding tert-OH is 1. The van der Waals surface area contributed by atoms with Crippen molar-refractivity contribution in [2.45, 2.75) is 73.0 Å². The molecule has 4 rings (SSSR count). The number of aromatic amines is 1. The molecule has 0 spiro atoms. The number of hydrogen-bond donors (Lipinski definition) is 2. The van der Waals surface area contributed by atoms with E-state index in [1.54, 1.807) is 4.57 Å². The first-order chi connectivity index (χ1) is 18.1. The fourth-order valence-electron chi connectivity index (χ4n) is 4.44. The molecule has 0 amide bonds. The summed E-state index contributed by atoms with van der Waals surface area (Å²) in [6.07, 6.45) is 2.49. The molecule has 2 heterocycles. The van der Waals surface area contributed by atoms with Crippen LogP contribution in [-0.2, 0) is 19.4 Å². The van der Waals surface area contributed by atoms with Gasteiger partial charge in [-0.15, -0.1) is 0 Å². The maximum Gasteiger partial charge on any atom is 0.439 e. The Morgan fingerprint density at radius 2 is 1.74 bits per heavy atom. The van der Waals surface area contributed by atoms with Gasteiger partial charge in [0.1, 0.15) is 5.82 Å². The van der Waals surface area contributed by atoms with Crippen LogP contribution in [0.15, 0.2) is 62.6 Å². The first kappa shape index (κ1) is 27.3. The van der Waals surface area contributed by atoms with Crippen LogP contribution in [0.3, 0.4) is 0 Å². The summed E-state index contributed by atoms with van der Waals surface area (Å²) in [6.45, 7) is 10.1. The van der Waals surface area contributed by atoms with Gasteiger partial charge in [0, 0.05) is 17.5 Å². The second-order valence-corrected chi connectivity index (χ2v) is 10.8. The third-order valence-electron chi connectivity index (χ3n) is 6.93. The predicted molar refractivity (Wildman–Crippen MR) is 148 cm³/mol. The number of hydrogen-bond acceptors (Lipinski definition) is 6. The molecule has 0 aliphatic heterocycles. The minimum absolute atomic E-state index is 0.0867. The number of rotatable bonds is 9. The number of H-pyrrole nitrogens is 1. The van der Waals surface area contributed by atoms with Crippen LogP contribution in [0.2, 0.25) is 0 Å². The van der Waals surface area contributed by atoms with E-state index in [2.05, 4.69) is 17.1 Å². The SMILES string of the molecule is CCCCc1nc(C)n(CC(O)C(C)(C)C)c(=O)c1Cc1ccc(-c2ccccc2-c2noc(=O)[nH]2)cc1.